The summed E-state index contributed by atoms with van der Waals surface area (Å²) in [7, 11) is 1.65. The van der Waals surface area contributed by atoms with Crippen LogP contribution >= 0.6 is 11.6 Å². The normalized spacial score (nSPS) is 21.6. The third-order valence-electron chi connectivity index (χ3n) is 5.14. The molecule has 1 aliphatic carbocycles. The third kappa shape index (κ3) is 3.36. The molecule has 0 N–H and O–H groups in total. The van der Waals surface area contributed by atoms with Gasteiger partial charge in [0.25, 0.3) is 0 Å². The van der Waals surface area contributed by atoms with Crippen LogP contribution in [0.3, 0.4) is 0 Å². The summed E-state index contributed by atoms with van der Waals surface area (Å²) in [5.74, 6) is 0.836. The van der Waals surface area contributed by atoms with Crippen molar-refractivity contribution in [2.75, 3.05) is 7.11 Å². The fraction of sp³-hybridized carbons (Fsp3) is 0.350. The lowest BCUT2D eigenvalue weighted by Crippen LogP contribution is -2.44. The Morgan fingerprint density at radius 3 is 2.70 bits per heavy atom. The van der Waals surface area contributed by atoms with Crippen LogP contribution in [-0.4, -0.2) is 27.5 Å². The molecule has 0 saturated heterocycles. The Morgan fingerprint density at radius 2 is 2.04 bits per heavy atom. The predicted octanol–water partition coefficient (Wildman–Crippen LogP) is 4.28. The molecule has 4 rings (SSSR count). The zero-order valence-electron chi connectivity index (χ0n) is 15.1. The molecule has 7 heteroatoms. The van der Waals surface area contributed by atoms with E-state index in [9.17, 15) is 5.26 Å². The van der Waals surface area contributed by atoms with E-state index in [1.807, 2.05) is 35.0 Å². The number of hydrogen-bond acceptors (Lipinski definition) is 5. The van der Waals surface area contributed by atoms with Gasteiger partial charge in [-0.2, -0.15) is 5.26 Å². The lowest BCUT2D eigenvalue weighted by molar-refractivity contribution is -0.118. The van der Waals surface area contributed by atoms with Crippen LogP contribution in [-0.2, 0) is 11.3 Å². The summed E-state index contributed by atoms with van der Waals surface area (Å²) in [5, 5.41) is 18.5. The number of hydrogen-bond donors (Lipinski definition) is 0. The predicted molar refractivity (Wildman–Crippen MR) is 102 cm³/mol. The number of aromatic nitrogens is 3. The van der Waals surface area contributed by atoms with Crippen LogP contribution in [0.4, 0.5) is 0 Å². The van der Waals surface area contributed by atoms with Crippen molar-refractivity contribution in [1.82, 2.24) is 14.8 Å². The van der Waals surface area contributed by atoms with Gasteiger partial charge in [-0.05, 0) is 43.5 Å². The van der Waals surface area contributed by atoms with Gasteiger partial charge in [0.1, 0.15) is 11.8 Å². The molecule has 0 aliphatic heterocycles. The number of halogens is 1. The summed E-state index contributed by atoms with van der Waals surface area (Å²) in [4.78, 5) is 0. The summed E-state index contributed by atoms with van der Waals surface area (Å²) in [6.45, 7) is 2.67. The van der Waals surface area contributed by atoms with Crippen LogP contribution in [0.25, 0.3) is 11.0 Å². The number of methoxy groups -OCH3 is 1. The first-order valence-electron chi connectivity index (χ1n) is 8.72. The minimum Gasteiger partial charge on any atom is -0.497 e. The van der Waals surface area contributed by atoms with Crippen molar-refractivity contribution in [3.05, 3.63) is 52.8 Å². The summed E-state index contributed by atoms with van der Waals surface area (Å²) < 4.78 is 13.4. The van der Waals surface area contributed by atoms with Crippen molar-refractivity contribution < 1.29 is 9.47 Å². The van der Waals surface area contributed by atoms with E-state index in [4.69, 9.17) is 21.1 Å². The maximum atomic E-state index is 9.37. The molecule has 0 spiro atoms. The summed E-state index contributed by atoms with van der Waals surface area (Å²) in [5.41, 5.74) is 2.17. The van der Waals surface area contributed by atoms with E-state index in [0.717, 1.165) is 29.5 Å². The van der Waals surface area contributed by atoms with Crippen molar-refractivity contribution in [3.63, 3.8) is 0 Å². The molecule has 0 amide bonds. The first kappa shape index (κ1) is 17.8. The zero-order chi connectivity index (χ0) is 19.0. The van der Waals surface area contributed by atoms with Crippen LogP contribution in [0.2, 0.25) is 5.15 Å². The Labute approximate surface area is 162 Å². The van der Waals surface area contributed by atoms with Crippen molar-refractivity contribution >= 4 is 22.6 Å². The van der Waals surface area contributed by atoms with E-state index in [-0.39, 0.29) is 16.8 Å². The molecule has 2 aromatic heterocycles. The number of ether oxygens (including phenoxy) is 2. The molecule has 0 bridgehead atoms. The van der Waals surface area contributed by atoms with Gasteiger partial charge in [-0.25, -0.2) is 0 Å². The first-order chi connectivity index (χ1) is 13.0. The highest BCUT2D eigenvalue weighted by Crippen LogP contribution is 2.45. The molecule has 0 radical (unpaired) electrons. The third-order valence-corrected chi connectivity index (χ3v) is 5.33. The second kappa shape index (κ2) is 6.84. The highest BCUT2D eigenvalue weighted by Gasteiger charge is 2.43. The van der Waals surface area contributed by atoms with Gasteiger partial charge in [0.05, 0.1) is 24.9 Å². The van der Waals surface area contributed by atoms with Crippen LogP contribution < -0.4 is 4.74 Å². The molecule has 27 heavy (non-hydrogen) atoms. The van der Waals surface area contributed by atoms with E-state index >= 15 is 0 Å². The van der Waals surface area contributed by atoms with Crippen LogP contribution in [0.5, 0.6) is 5.75 Å². The SMILES string of the molecule is COc1ccc(COC2(C)CC(n3cc(C#N)c4cc(Cl)nnc43)C2)cc1. The Kier molecular flexibility index (Phi) is 4.50. The van der Waals surface area contributed by atoms with Crippen LogP contribution in [0.15, 0.2) is 36.5 Å². The van der Waals surface area contributed by atoms with E-state index in [1.54, 1.807) is 13.2 Å². The average molecular weight is 383 g/mol. The maximum Gasteiger partial charge on any atom is 0.164 e. The lowest BCUT2D eigenvalue weighted by atomic mass is 9.76. The van der Waals surface area contributed by atoms with Gasteiger partial charge in [0.2, 0.25) is 0 Å². The summed E-state index contributed by atoms with van der Waals surface area (Å²) in [6.07, 6.45) is 3.54. The standard InChI is InChI=1S/C20H19ClN4O2/c1-20(27-12-13-3-5-16(26-2)6-4-13)8-15(9-20)25-11-14(10-22)17-7-18(21)23-24-19(17)25/h3-7,11,15H,8-9,12H2,1-2H3. The van der Waals surface area contributed by atoms with Crippen molar-refractivity contribution in [3.8, 4) is 11.8 Å². The fourth-order valence-electron chi connectivity index (χ4n) is 3.62. The number of rotatable bonds is 5. The molecule has 0 atom stereocenters. The average Bonchev–Trinajstić information content (AvgIpc) is 3.02. The maximum absolute atomic E-state index is 9.37. The van der Waals surface area contributed by atoms with Crippen LogP contribution in [0.1, 0.15) is 36.9 Å². The van der Waals surface area contributed by atoms with Crippen molar-refractivity contribution in [2.24, 2.45) is 0 Å². The second-order valence-corrected chi connectivity index (χ2v) is 7.50. The smallest absolute Gasteiger partial charge is 0.164 e. The Hall–Kier alpha value is -2.62. The Bertz CT molecular complexity index is 1020. The van der Waals surface area contributed by atoms with Gasteiger partial charge in [-0.3, -0.25) is 0 Å². The monoisotopic (exact) mass is 382 g/mol. The molecule has 1 fully saturated rings. The van der Waals surface area contributed by atoms with Gasteiger partial charge in [-0.1, -0.05) is 23.7 Å². The van der Waals surface area contributed by atoms with Gasteiger partial charge in [-0.15, -0.1) is 10.2 Å². The summed E-state index contributed by atoms with van der Waals surface area (Å²) in [6, 6.07) is 12.0. The summed E-state index contributed by atoms with van der Waals surface area (Å²) >= 11 is 5.93. The largest absolute Gasteiger partial charge is 0.497 e. The van der Waals surface area contributed by atoms with E-state index < -0.39 is 0 Å². The van der Waals surface area contributed by atoms with Crippen molar-refractivity contribution in [2.45, 2.75) is 38.0 Å². The minimum atomic E-state index is -0.201. The van der Waals surface area contributed by atoms with Crippen molar-refractivity contribution in [1.29, 1.82) is 5.26 Å². The highest BCUT2D eigenvalue weighted by molar-refractivity contribution is 6.29. The Morgan fingerprint density at radius 1 is 1.30 bits per heavy atom. The first-order valence-corrected chi connectivity index (χ1v) is 9.10. The molecule has 138 valence electrons. The van der Waals surface area contributed by atoms with E-state index in [0.29, 0.717) is 17.8 Å². The second-order valence-electron chi connectivity index (χ2n) is 7.11. The number of nitrogens with zero attached hydrogens (tertiary/aromatic N) is 4. The molecule has 2 heterocycles. The molecular weight excluding hydrogens is 364 g/mol. The van der Waals surface area contributed by atoms with Gasteiger partial charge in [0, 0.05) is 17.6 Å². The fourth-order valence-corrected chi connectivity index (χ4v) is 3.77. The number of fused-ring (bicyclic) bond motifs is 1. The molecule has 0 unspecified atom stereocenters. The topological polar surface area (TPSA) is 73.0 Å². The molecule has 1 aliphatic rings. The van der Waals surface area contributed by atoms with Gasteiger partial charge >= 0.3 is 0 Å². The molecule has 6 nitrogen and oxygen atoms in total. The highest BCUT2D eigenvalue weighted by atomic mass is 35.5. The Balaban J connectivity index is 1.45. The number of benzene rings is 1. The van der Waals surface area contributed by atoms with Crippen LogP contribution in [0, 0.1) is 11.3 Å². The van der Waals surface area contributed by atoms with Gasteiger partial charge < -0.3 is 14.0 Å². The minimum absolute atomic E-state index is 0.201. The molecule has 1 saturated carbocycles. The van der Waals surface area contributed by atoms with E-state index in [1.165, 1.54) is 0 Å². The molecular formula is C20H19ClN4O2. The van der Waals surface area contributed by atoms with E-state index in [2.05, 4.69) is 23.2 Å². The molecule has 1 aromatic carbocycles. The number of nitriles is 1. The molecule has 3 aromatic rings. The zero-order valence-corrected chi connectivity index (χ0v) is 15.9. The quantitative estimate of drug-likeness (QED) is 0.658. The lowest BCUT2D eigenvalue weighted by Gasteiger charge is -2.45. The van der Waals surface area contributed by atoms with Gasteiger partial charge in [0.15, 0.2) is 10.8 Å².